The van der Waals surface area contributed by atoms with E-state index in [0.717, 1.165) is 24.2 Å². The van der Waals surface area contributed by atoms with Gasteiger partial charge >= 0.3 is 0 Å². The first kappa shape index (κ1) is 20.6. The van der Waals surface area contributed by atoms with Crippen molar-refractivity contribution in [3.8, 4) is 5.75 Å². The summed E-state index contributed by atoms with van der Waals surface area (Å²) in [4.78, 5) is 12.4. The van der Waals surface area contributed by atoms with Gasteiger partial charge in [0.25, 0.3) is 0 Å². The summed E-state index contributed by atoms with van der Waals surface area (Å²) in [6.45, 7) is 3.48. The lowest BCUT2D eigenvalue weighted by Crippen LogP contribution is -2.28. The maximum absolute atomic E-state index is 12.8. The lowest BCUT2D eigenvalue weighted by molar-refractivity contribution is -0.115. The van der Waals surface area contributed by atoms with Crippen LogP contribution in [0.4, 0.5) is 5.69 Å². The fourth-order valence-corrected chi connectivity index (χ4v) is 5.12. The van der Waals surface area contributed by atoms with Gasteiger partial charge in [0.15, 0.2) is 0 Å². The van der Waals surface area contributed by atoms with Crippen molar-refractivity contribution in [2.75, 3.05) is 25.0 Å². The summed E-state index contributed by atoms with van der Waals surface area (Å²) in [5.74, 6) is 0.511. The topological polar surface area (TPSA) is 75.7 Å². The minimum Gasteiger partial charge on any atom is -0.494 e. The molecule has 3 rings (SSSR count). The van der Waals surface area contributed by atoms with E-state index in [2.05, 4.69) is 5.32 Å². The number of nitrogens with one attached hydrogen (secondary N) is 1. The second-order valence-electron chi connectivity index (χ2n) is 6.56. The Labute approximate surface area is 170 Å². The Balaban J connectivity index is 1.71. The van der Waals surface area contributed by atoms with Gasteiger partial charge in [0.1, 0.15) is 10.6 Å². The second kappa shape index (κ2) is 8.94. The highest BCUT2D eigenvalue weighted by atomic mass is 35.5. The molecule has 2 aromatic carbocycles. The lowest BCUT2D eigenvalue weighted by Gasteiger charge is -2.17. The van der Waals surface area contributed by atoms with Crippen molar-refractivity contribution in [2.24, 2.45) is 0 Å². The highest BCUT2D eigenvalue weighted by molar-refractivity contribution is 7.89. The molecule has 1 fully saturated rings. The summed E-state index contributed by atoms with van der Waals surface area (Å²) >= 11 is 6.14. The van der Waals surface area contributed by atoms with Crippen LogP contribution < -0.4 is 10.1 Å². The Morgan fingerprint density at radius 1 is 1.14 bits per heavy atom. The number of carbonyl (C=O) groups excluding carboxylic acids is 1. The number of carbonyl (C=O) groups is 1. The first-order chi connectivity index (χ1) is 13.4. The van der Waals surface area contributed by atoms with Crippen LogP contribution >= 0.6 is 11.6 Å². The molecule has 0 saturated carbocycles. The predicted molar refractivity (Wildman–Crippen MR) is 109 cm³/mol. The Hall–Kier alpha value is -2.09. The van der Waals surface area contributed by atoms with E-state index in [1.807, 2.05) is 31.2 Å². The van der Waals surface area contributed by atoms with Gasteiger partial charge in [0.05, 0.1) is 18.1 Å². The van der Waals surface area contributed by atoms with Crippen LogP contribution in [0.2, 0.25) is 5.02 Å². The number of ether oxygens (including phenoxy) is 1. The van der Waals surface area contributed by atoms with Crippen molar-refractivity contribution in [2.45, 2.75) is 31.1 Å². The standard InChI is InChI=1S/C20H23ClN2O4S/c1-2-27-17-8-5-15(6-9-17)13-20(24)22-16-7-10-18(21)19(14-16)28(25,26)23-11-3-4-12-23/h5-10,14H,2-4,11-13H2,1H3,(H,22,24). The second-order valence-corrected chi connectivity index (χ2v) is 8.87. The molecule has 1 aliphatic rings. The molecule has 1 saturated heterocycles. The molecule has 0 bridgehead atoms. The third kappa shape index (κ3) is 4.84. The van der Waals surface area contributed by atoms with E-state index in [1.165, 1.54) is 16.4 Å². The van der Waals surface area contributed by atoms with Crippen LogP contribution in [0.15, 0.2) is 47.4 Å². The Kier molecular flexibility index (Phi) is 6.59. The minimum absolute atomic E-state index is 0.0231. The number of halogens is 1. The van der Waals surface area contributed by atoms with Crippen LogP contribution in [0.25, 0.3) is 0 Å². The van der Waals surface area contributed by atoms with E-state index < -0.39 is 10.0 Å². The summed E-state index contributed by atoms with van der Waals surface area (Å²) < 4.78 is 32.4. The van der Waals surface area contributed by atoms with Crippen molar-refractivity contribution in [1.82, 2.24) is 4.31 Å². The summed E-state index contributed by atoms with van der Waals surface area (Å²) in [5.41, 5.74) is 1.23. The van der Waals surface area contributed by atoms with E-state index in [9.17, 15) is 13.2 Å². The summed E-state index contributed by atoms with van der Waals surface area (Å²) in [5, 5.41) is 2.90. The highest BCUT2D eigenvalue weighted by Gasteiger charge is 2.29. The zero-order valence-corrected chi connectivity index (χ0v) is 17.2. The molecule has 150 valence electrons. The van der Waals surface area contributed by atoms with Crippen LogP contribution in [-0.2, 0) is 21.2 Å². The van der Waals surface area contributed by atoms with Crippen LogP contribution in [0, 0.1) is 0 Å². The monoisotopic (exact) mass is 422 g/mol. The fourth-order valence-electron chi connectivity index (χ4n) is 3.11. The van der Waals surface area contributed by atoms with E-state index in [0.29, 0.717) is 25.4 Å². The minimum atomic E-state index is -3.66. The number of hydrogen-bond donors (Lipinski definition) is 1. The molecule has 8 heteroatoms. The van der Waals surface area contributed by atoms with Crippen molar-refractivity contribution in [1.29, 1.82) is 0 Å². The maximum atomic E-state index is 12.8. The van der Waals surface area contributed by atoms with Gasteiger partial charge in [0, 0.05) is 18.8 Å². The van der Waals surface area contributed by atoms with Gasteiger partial charge in [-0.2, -0.15) is 4.31 Å². The van der Waals surface area contributed by atoms with Gasteiger partial charge in [0.2, 0.25) is 15.9 Å². The highest BCUT2D eigenvalue weighted by Crippen LogP contribution is 2.29. The van der Waals surface area contributed by atoms with E-state index in [4.69, 9.17) is 16.3 Å². The number of rotatable bonds is 7. The van der Waals surface area contributed by atoms with Crippen molar-refractivity contribution >= 4 is 33.2 Å². The maximum Gasteiger partial charge on any atom is 0.244 e. The van der Waals surface area contributed by atoms with Crippen LogP contribution in [0.1, 0.15) is 25.3 Å². The van der Waals surface area contributed by atoms with E-state index in [1.54, 1.807) is 6.07 Å². The Morgan fingerprint density at radius 3 is 2.46 bits per heavy atom. The molecule has 1 amide bonds. The Morgan fingerprint density at radius 2 is 1.82 bits per heavy atom. The number of sulfonamides is 1. The van der Waals surface area contributed by atoms with Crippen molar-refractivity contribution in [3.05, 3.63) is 53.1 Å². The molecule has 28 heavy (non-hydrogen) atoms. The van der Waals surface area contributed by atoms with E-state index in [-0.39, 0.29) is 22.2 Å². The van der Waals surface area contributed by atoms with Crippen molar-refractivity contribution < 1.29 is 17.9 Å². The van der Waals surface area contributed by atoms with Crippen LogP contribution in [-0.4, -0.2) is 38.3 Å². The normalized spacial score (nSPS) is 14.8. The van der Waals surface area contributed by atoms with Crippen LogP contribution in [0.3, 0.4) is 0 Å². The number of benzene rings is 2. The Bertz CT molecular complexity index is 939. The smallest absolute Gasteiger partial charge is 0.244 e. The number of anilines is 1. The molecule has 0 spiro atoms. The molecule has 1 N–H and O–H groups in total. The molecule has 0 unspecified atom stereocenters. The molecule has 1 heterocycles. The van der Waals surface area contributed by atoms with Gasteiger partial charge in [-0.3, -0.25) is 4.79 Å². The lowest BCUT2D eigenvalue weighted by atomic mass is 10.1. The molecule has 0 radical (unpaired) electrons. The molecule has 0 aromatic heterocycles. The molecule has 2 aromatic rings. The van der Waals surface area contributed by atoms with Gasteiger partial charge in [-0.15, -0.1) is 0 Å². The summed E-state index contributed by atoms with van der Waals surface area (Å²) in [6, 6.07) is 11.8. The number of hydrogen-bond acceptors (Lipinski definition) is 4. The van der Waals surface area contributed by atoms with E-state index >= 15 is 0 Å². The van der Waals surface area contributed by atoms with Crippen LogP contribution in [0.5, 0.6) is 5.75 Å². The largest absolute Gasteiger partial charge is 0.494 e. The quantitative estimate of drug-likeness (QED) is 0.738. The average Bonchev–Trinajstić information content (AvgIpc) is 3.21. The molecule has 6 nitrogen and oxygen atoms in total. The third-order valence-corrected chi connectivity index (χ3v) is 6.88. The molecular weight excluding hydrogens is 400 g/mol. The van der Waals surface area contributed by atoms with Gasteiger partial charge < -0.3 is 10.1 Å². The molecule has 1 aliphatic heterocycles. The molecule has 0 atom stereocenters. The zero-order chi connectivity index (χ0) is 20.1. The summed E-state index contributed by atoms with van der Waals surface area (Å²) in [6.07, 6.45) is 1.86. The van der Waals surface area contributed by atoms with Gasteiger partial charge in [-0.05, 0) is 55.7 Å². The van der Waals surface area contributed by atoms with Gasteiger partial charge in [-0.25, -0.2) is 8.42 Å². The molecular formula is C20H23ClN2O4S. The number of nitrogens with zero attached hydrogens (tertiary/aromatic N) is 1. The number of amides is 1. The average molecular weight is 423 g/mol. The fraction of sp³-hybridized carbons (Fsp3) is 0.350. The first-order valence-electron chi connectivity index (χ1n) is 9.21. The third-order valence-electron chi connectivity index (χ3n) is 4.50. The van der Waals surface area contributed by atoms with Gasteiger partial charge in [-0.1, -0.05) is 23.7 Å². The predicted octanol–water partition coefficient (Wildman–Crippen LogP) is 3.70. The first-order valence-corrected chi connectivity index (χ1v) is 11.0. The zero-order valence-electron chi connectivity index (χ0n) is 15.7. The SMILES string of the molecule is CCOc1ccc(CC(=O)Nc2ccc(Cl)c(S(=O)(=O)N3CCCC3)c2)cc1. The molecule has 0 aliphatic carbocycles. The van der Waals surface area contributed by atoms with Crippen molar-refractivity contribution in [3.63, 3.8) is 0 Å². The summed E-state index contributed by atoms with van der Waals surface area (Å²) in [7, 11) is -3.66.